The first kappa shape index (κ1) is 13.5. The number of rotatable bonds is 6. The molecular weight excluding hydrogens is 294 g/mol. The van der Waals surface area contributed by atoms with Crippen LogP contribution in [-0.2, 0) is 20.1 Å². The van der Waals surface area contributed by atoms with Gasteiger partial charge in [0.05, 0.1) is 12.4 Å². The van der Waals surface area contributed by atoms with E-state index < -0.39 is 10.0 Å². The first-order valence-corrected chi connectivity index (χ1v) is 7.49. The predicted octanol–water partition coefficient (Wildman–Crippen LogP) is 1.97. The Bertz CT molecular complexity index is 416. The lowest BCUT2D eigenvalue weighted by molar-refractivity contribution is 0.217. The monoisotopic (exact) mass is 307 g/mol. The van der Waals surface area contributed by atoms with E-state index in [4.69, 9.17) is 4.74 Å². The van der Waals surface area contributed by atoms with Gasteiger partial charge in [0.25, 0.3) is 0 Å². The number of alkyl halides is 1. The van der Waals surface area contributed by atoms with Gasteiger partial charge in [0.1, 0.15) is 0 Å². The van der Waals surface area contributed by atoms with Gasteiger partial charge in [-0.05, 0) is 17.7 Å². The molecule has 1 aromatic rings. The van der Waals surface area contributed by atoms with Crippen LogP contribution in [0.15, 0.2) is 24.3 Å². The summed E-state index contributed by atoms with van der Waals surface area (Å²) in [6, 6.07) is 7.20. The van der Waals surface area contributed by atoms with Crippen molar-refractivity contribution in [2.45, 2.75) is 5.33 Å². The number of anilines is 1. The van der Waals surface area contributed by atoms with Crippen molar-refractivity contribution in [2.24, 2.45) is 0 Å². The molecule has 0 atom stereocenters. The summed E-state index contributed by atoms with van der Waals surface area (Å²) in [5.74, 6) is -0.0380. The van der Waals surface area contributed by atoms with Gasteiger partial charge < -0.3 is 4.74 Å². The van der Waals surface area contributed by atoms with Crippen LogP contribution in [0.2, 0.25) is 0 Å². The van der Waals surface area contributed by atoms with Gasteiger partial charge in [-0.25, -0.2) is 8.42 Å². The summed E-state index contributed by atoms with van der Waals surface area (Å²) >= 11 is 3.32. The number of hydrogen-bond donors (Lipinski definition) is 1. The standard InChI is InChI=1S/C10H14BrNO3S/c1-15-6-7-16(13,14)12-10-4-2-9(8-11)3-5-10/h2-5,12H,6-8H2,1H3. The highest BCUT2D eigenvalue weighted by atomic mass is 79.9. The molecule has 90 valence electrons. The number of benzene rings is 1. The maximum Gasteiger partial charge on any atom is 0.234 e. The summed E-state index contributed by atoms with van der Waals surface area (Å²) in [6.45, 7) is 0.189. The van der Waals surface area contributed by atoms with Gasteiger partial charge in [0.15, 0.2) is 0 Å². The summed E-state index contributed by atoms with van der Waals surface area (Å²) < 4.78 is 30.2. The highest BCUT2D eigenvalue weighted by Gasteiger charge is 2.09. The topological polar surface area (TPSA) is 55.4 Å². The molecule has 0 fully saturated rings. The first-order valence-electron chi connectivity index (χ1n) is 4.72. The van der Waals surface area contributed by atoms with Gasteiger partial charge >= 0.3 is 0 Å². The molecule has 0 bridgehead atoms. The molecule has 1 N–H and O–H groups in total. The van der Waals surface area contributed by atoms with E-state index >= 15 is 0 Å². The van der Waals surface area contributed by atoms with Crippen molar-refractivity contribution in [1.82, 2.24) is 0 Å². The minimum atomic E-state index is -3.30. The Hall–Kier alpha value is -0.590. The molecule has 6 heteroatoms. The summed E-state index contributed by atoms with van der Waals surface area (Å²) in [5, 5.41) is 0.754. The Kier molecular flexibility index (Phi) is 5.24. The zero-order chi connectivity index (χ0) is 12.0. The van der Waals surface area contributed by atoms with Crippen molar-refractivity contribution in [1.29, 1.82) is 0 Å². The molecular formula is C10H14BrNO3S. The normalized spacial score (nSPS) is 11.4. The molecule has 1 aromatic carbocycles. The van der Waals surface area contributed by atoms with E-state index in [9.17, 15) is 8.42 Å². The number of ether oxygens (including phenoxy) is 1. The Morgan fingerprint density at radius 1 is 1.31 bits per heavy atom. The lowest BCUT2D eigenvalue weighted by Gasteiger charge is -2.07. The molecule has 0 radical (unpaired) electrons. The van der Waals surface area contributed by atoms with Crippen LogP contribution in [0.3, 0.4) is 0 Å². The third kappa shape index (κ3) is 4.51. The van der Waals surface area contributed by atoms with Gasteiger partial charge in [-0.15, -0.1) is 0 Å². The summed E-state index contributed by atoms with van der Waals surface area (Å²) in [4.78, 5) is 0. The third-order valence-corrected chi connectivity index (χ3v) is 3.84. The number of halogens is 1. The number of sulfonamides is 1. The minimum absolute atomic E-state index is 0.0380. The third-order valence-electron chi connectivity index (χ3n) is 1.94. The molecule has 0 saturated heterocycles. The second-order valence-electron chi connectivity index (χ2n) is 3.24. The van der Waals surface area contributed by atoms with Gasteiger partial charge in [0, 0.05) is 18.1 Å². The number of hydrogen-bond acceptors (Lipinski definition) is 3. The molecule has 4 nitrogen and oxygen atoms in total. The van der Waals surface area contributed by atoms with Crippen LogP contribution in [0.5, 0.6) is 0 Å². The molecule has 0 spiro atoms. The molecule has 0 aliphatic rings. The average molecular weight is 308 g/mol. The molecule has 0 amide bonds. The smallest absolute Gasteiger partial charge is 0.234 e. The Labute approximate surface area is 104 Å². The van der Waals surface area contributed by atoms with Crippen molar-refractivity contribution >= 4 is 31.6 Å². The first-order chi connectivity index (χ1) is 7.57. The molecule has 0 heterocycles. The molecule has 0 unspecified atom stereocenters. The van der Waals surface area contributed by atoms with E-state index in [2.05, 4.69) is 20.7 Å². The van der Waals surface area contributed by atoms with Crippen molar-refractivity contribution < 1.29 is 13.2 Å². The zero-order valence-electron chi connectivity index (χ0n) is 8.94. The van der Waals surface area contributed by atoms with Crippen molar-refractivity contribution in [2.75, 3.05) is 24.2 Å². The summed E-state index contributed by atoms with van der Waals surface area (Å²) in [5.41, 5.74) is 1.67. The van der Waals surface area contributed by atoms with E-state index in [1.54, 1.807) is 12.1 Å². The van der Waals surface area contributed by atoms with Crippen molar-refractivity contribution in [3.8, 4) is 0 Å². The van der Waals surface area contributed by atoms with Crippen LogP contribution in [0, 0.1) is 0 Å². The fraction of sp³-hybridized carbons (Fsp3) is 0.400. The maximum atomic E-state index is 11.5. The van der Waals surface area contributed by atoms with Gasteiger partial charge in [0.2, 0.25) is 10.0 Å². The van der Waals surface area contributed by atoms with Crippen LogP contribution in [0.25, 0.3) is 0 Å². The van der Waals surface area contributed by atoms with Crippen LogP contribution in [-0.4, -0.2) is 27.9 Å². The average Bonchev–Trinajstić information content (AvgIpc) is 2.27. The number of nitrogens with one attached hydrogen (secondary N) is 1. The summed E-state index contributed by atoms with van der Waals surface area (Å²) in [6.07, 6.45) is 0. The molecule has 0 aliphatic heterocycles. The molecule has 0 saturated carbocycles. The van der Waals surface area contributed by atoms with E-state index in [0.717, 1.165) is 10.9 Å². The van der Waals surface area contributed by atoms with E-state index in [0.29, 0.717) is 5.69 Å². The second kappa shape index (κ2) is 6.22. The van der Waals surface area contributed by atoms with E-state index in [-0.39, 0.29) is 12.4 Å². The van der Waals surface area contributed by atoms with Crippen LogP contribution in [0.1, 0.15) is 5.56 Å². The molecule has 0 aliphatic carbocycles. The van der Waals surface area contributed by atoms with Crippen molar-refractivity contribution in [3.63, 3.8) is 0 Å². The van der Waals surface area contributed by atoms with E-state index in [1.165, 1.54) is 7.11 Å². The lowest BCUT2D eigenvalue weighted by Crippen LogP contribution is -2.19. The number of methoxy groups -OCH3 is 1. The fourth-order valence-corrected chi connectivity index (χ4v) is 2.44. The quantitative estimate of drug-likeness (QED) is 0.818. The lowest BCUT2D eigenvalue weighted by atomic mass is 10.2. The largest absolute Gasteiger partial charge is 0.384 e. The van der Waals surface area contributed by atoms with Gasteiger partial charge in [-0.1, -0.05) is 28.1 Å². The zero-order valence-corrected chi connectivity index (χ0v) is 11.3. The Balaban J connectivity index is 2.65. The summed E-state index contributed by atoms with van der Waals surface area (Å²) in [7, 11) is -1.83. The molecule has 0 aromatic heterocycles. The second-order valence-corrected chi connectivity index (χ2v) is 5.65. The van der Waals surface area contributed by atoms with E-state index in [1.807, 2.05) is 12.1 Å². The maximum absolute atomic E-state index is 11.5. The van der Waals surface area contributed by atoms with Crippen molar-refractivity contribution in [3.05, 3.63) is 29.8 Å². The highest BCUT2D eigenvalue weighted by Crippen LogP contribution is 2.13. The van der Waals surface area contributed by atoms with Crippen LogP contribution < -0.4 is 4.72 Å². The Morgan fingerprint density at radius 2 is 1.94 bits per heavy atom. The van der Waals surface area contributed by atoms with Crippen LogP contribution >= 0.6 is 15.9 Å². The molecule has 1 rings (SSSR count). The van der Waals surface area contributed by atoms with Gasteiger partial charge in [-0.2, -0.15) is 0 Å². The fourth-order valence-electron chi connectivity index (χ4n) is 1.09. The predicted molar refractivity (Wildman–Crippen MR) is 68.4 cm³/mol. The minimum Gasteiger partial charge on any atom is -0.384 e. The van der Waals surface area contributed by atoms with Crippen LogP contribution in [0.4, 0.5) is 5.69 Å². The highest BCUT2D eigenvalue weighted by molar-refractivity contribution is 9.08. The SMILES string of the molecule is COCCS(=O)(=O)Nc1ccc(CBr)cc1. The van der Waals surface area contributed by atoms with Gasteiger partial charge in [-0.3, -0.25) is 4.72 Å². The molecule has 16 heavy (non-hydrogen) atoms. The Morgan fingerprint density at radius 3 is 2.44 bits per heavy atom.